The van der Waals surface area contributed by atoms with Gasteiger partial charge >= 0.3 is 5.97 Å². The number of carboxylic acid groups (broad SMARTS) is 1. The van der Waals surface area contributed by atoms with Crippen LogP contribution < -0.4 is 5.32 Å². The third-order valence-electron chi connectivity index (χ3n) is 3.48. The van der Waals surface area contributed by atoms with Gasteiger partial charge in [0.05, 0.1) is 0 Å². The normalized spacial score (nSPS) is 17.8. The fraction of sp³-hybridized carbons (Fsp3) is 0.571. The maximum absolute atomic E-state index is 11.1. The van der Waals surface area contributed by atoms with Crippen molar-refractivity contribution >= 4 is 11.8 Å². The lowest BCUT2D eigenvalue weighted by atomic mass is 9.96. The third-order valence-corrected chi connectivity index (χ3v) is 3.48. The van der Waals surface area contributed by atoms with E-state index in [2.05, 4.69) is 10.3 Å². The number of hydrogen-bond acceptors (Lipinski definition) is 3. The summed E-state index contributed by atoms with van der Waals surface area (Å²) in [7, 11) is 0. The van der Waals surface area contributed by atoms with Gasteiger partial charge in [0.25, 0.3) is 0 Å². The van der Waals surface area contributed by atoms with Gasteiger partial charge in [-0.05, 0) is 25.0 Å². The van der Waals surface area contributed by atoms with E-state index in [1.165, 1.54) is 32.1 Å². The fourth-order valence-electron chi connectivity index (χ4n) is 2.49. The largest absolute Gasteiger partial charge is 0.478 e. The number of nitrogens with one attached hydrogen (secondary N) is 1. The molecule has 1 heterocycles. The molecule has 1 aromatic rings. The highest BCUT2D eigenvalue weighted by molar-refractivity contribution is 5.93. The van der Waals surface area contributed by atoms with Gasteiger partial charge in [0.2, 0.25) is 0 Å². The lowest BCUT2D eigenvalue weighted by molar-refractivity contribution is 0.0697. The summed E-state index contributed by atoms with van der Waals surface area (Å²) < 4.78 is 0. The number of carboxylic acids is 1. The SMILES string of the molecule is O=C(O)c1cccnc1NC1CCCCCCC1. The van der Waals surface area contributed by atoms with E-state index in [9.17, 15) is 4.79 Å². The van der Waals surface area contributed by atoms with Gasteiger partial charge in [-0.15, -0.1) is 0 Å². The Morgan fingerprint density at radius 1 is 1.22 bits per heavy atom. The molecule has 1 fully saturated rings. The van der Waals surface area contributed by atoms with Gasteiger partial charge in [0, 0.05) is 12.2 Å². The first-order valence-corrected chi connectivity index (χ1v) is 6.72. The molecular formula is C14H20N2O2. The average molecular weight is 248 g/mol. The summed E-state index contributed by atoms with van der Waals surface area (Å²) in [6, 6.07) is 3.62. The van der Waals surface area contributed by atoms with Gasteiger partial charge in [-0.1, -0.05) is 32.1 Å². The minimum atomic E-state index is -0.920. The number of nitrogens with zero attached hydrogens (tertiary/aromatic N) is 1. The van der Waals surface area contributed by atoms with Crippen LogP contribution in [0.25, 0.3) is 0 Å². The molecule has 1 aromatic heterocycles. The number of aromatic carboxylic acids is 1. The monoisotopic (exact) mass is 248 g/mol. The number of carbonyl (C=O) groups is 1. The molecule has 98 valence electrons. The number of hydrogen-bond donors (Lipinski definition) is 2. The van der Waals surface area contributed by atoms with E-state index < -0.39 is 5.97 Å². The van der Waals surface area contributed by atoms with Crippen molar-refractivity contribution in [2.45, 2.75) is 51.0 Å². The van der Waals surface area contributed by atoms with E-state index in [1.54, 1.807) is 18.3 Å². The molecule has 1 saturated carbocycles. The van der Waals surface area contributed by atoms with E-state index >= 15 is 0 Å². The Morgan fingerprint density at radius 2 is 1.89 bits per heavy atom. The van der Waals surface area contributed by atoms with Crippen LogP contribution in [0.2, 0.25) is 0 Å². The van der Waals surface area contributed by atoms with E-state index in [0.717, 1.165) is 12.8 Å². The second-order valence-corrected chi connectivity index (χ2v) is 4.89. The molecule has 4 heteroatoms. The van der Waals surface area contributed by atoms with Crippen molar-refractivity contribution in [1.82, 2.24) is 4.98 Å². The smallest absolute Gasteiger partial charge is 0.339 e. The average Bonchev–Trinajstić information content (AvgIpc) is 2.33. The molecule has 0 aliphatic heterocycles. The topological polar surface area (TPSA) is 62.2 Å². The predicted molar refractivity (Wildman–Crippen MR) is 70.9 cm³/mol. The van der Waals surface area contributed by atoms with Gasteiger partial charge in [-0.2, -0.15) is 0 Å². The summed E-state index contributed by atoms with van der Waals surface area (Å²) in [5.41, 5.74) is 0.263. The van der Waals surface area contributed by atoms with Gasteiger partial charge in [-0.25, -0.2) is 9.78 Å². The first-order valence-electron chi connectivity index (χ1n) is 6.72. The molecule has 0 spiro atoms. The van der Waals surface area contributed by atoms with Crippen LogP contribution >= 0.6 is 0 Å². The van der Waals surface area contributed by atoms with Crippen LogP contribution in [0, 0.1) is 0 Å². The number of rotatable bonds is 3. The summed E-state index contributed by atoms with van der Waals surface area (Å²) in [6.45, 7) is 0. The first kappa shape index (κ1) is 12.9. The summed E-state index contributed by atoms with van der Waals surface area (Å²) in [5.74, 6) is -0.410. The Morgan fingerprint density at radius 3 is 2.56 bits per heavy atom. The zero-order chi connectivity index (χ0) is 12.8. The third kappa shape index (κ3) is 3.45. The molecule has 0 saturated heterocycles. The molecule has 0 aromatic carbocycles. The minimum Gasteiger partial charge on any atom is -0.478 e. The van der Waals surface area contributed by atoms with Crippen molar-refractivity contribution < 1.29 is 9.90 Å². The maximum Gasteiger partial charge on any atom is 0.339 e. The molecule has 18 heavy (non-hydrogen) atoms. The fourth-order valence-corrected chi connectivity index (χ4v) is 2.49. The predicted octanol–water partition coefficient (Wildman–Crippen LogP) is 3.30. The lowest BCUT2D eigenvalue weighted by Crippen LogP contribution is -2.22. The van der Waals surface area contributed by atoms with Crippen molar-refractivity contribution in [2.24, 2.45) is 0 Å². The second kappa shape index (κ2) is 6.38. The number of anilines is 1. The Balaban J connectivity index is 2.05. The molecule has 1 aliphatic rings. The molecule has 0 unspecified atom stereocenters. The van der Waals surface area contributed by atoms with E-state index in [-0.39, 0.29) is 5.56 Å². The Bertz CT molecular complexity index is 399. The van der Waals surface area contributed by atoms with Crippen molar-refractivity contribution in [2.75, 3.05) is 5.32 Å². The Hall–Kier alpha value is -1.58. The highest BCUT2D eigenvalue weighted by atomic mass is 16.4. The molecule has 0 bridgehead atoms. The van der Waals surface area contributed by atoms with Crippen molar-refractivity contribution in [3.63, 3.8) is 0 Å². The molecular weight excluding hydrogens is 228 g/mol. The minimum absolute atomic E-state index is 0.263. The molecule has 2 N–H and O–H groups in total. The van der Waals surface area contributed by atoms with Crippen LogP contribution in [-0.4, -0.2) is 22.1 Å². The Kier molecular flexibility index (Phi) is 4.56. The zero-order valence-corrected chi connectivity index (χ0v) is 10.6. The maximum atomic E-state index is 11.1. The van der Waals surface area contributed by atoms with Crippen LogP contribution in [0.5, 0.6) is 0 Å². The van der Waals surface area contributed by atoms with E-state index in [1.807, 2.05) is 0 Å². The number of aromatic nitrogens is 1. The first-order chi connectivity index (χ1) is 8.77. The summed E-state index contributed by atoms with van der Waals surface area (Å²) >= 11 is 0. The van der Waals surface area contributed by atoms with Crippen molar-refractivity contribution in [3.8, 4) is 0 Å². The highest BCUT2D eigenvalue weighted by Crippen LogP contribution is 2.21. The molecule has 0 radical (unpaired) electrons. The van der Waals surface area contributed by atoms with Gasteiger partial charge in [0.1, 0.15) is 11.4 Å². The van der Waals surface area contributed by atoms with E-state index in [0.29, 0.717) is 11.9 Å². The lowest BCUT2D eigenvalue weighted by Gasteiger charge is -2.22. The van der Waals surface area contributed by atoms with Gasteiger partial charge in [0.15, 0.2) is 0 Å². The molecule has 0 atom stereocenters. The van der Waals surface area contributed by atoms with Gasteiger partial charge < -0.3 is 10.4 Å². The van der Waals surface area contributed by atoms with Gasteiger partial charge in [-0.3, -0.25) is 0 Å². The van der Waals surface area contributed by atoms with Crippen molar-refractivity contribution in [3.05, 3.63) is 23.9 Å². The molecule has 4 nitrogen and oxygen atoms in total. The summed E-state index contributed by atoms with van der Waals surface area (Å²) in [5, 5.41) is 12.4. The summed E-state index contributed by atoms with van der Waals surface area (Å²) in [6.07, 6.45) is 10.2. The second-order valence-electron chi connectivity index (χ2n) is 4.89. The van der Waals surface area contributed by atoms with Crippen molar-refractivity contribution in [1.29, 1.82) is 0 Å². The van der Waals surface area contributed by atoms with Crippen LogP contribution in [0.3, 0.4) is 0 Å². The Labute approximate surface area is 107 Å². The quantitative estimate of drug-likeness (QED) is 0.861. The van der Waals surface area contributed by atoms with E-state index in [4.69, 9.17) is 5.11 Å². The summed E-state index contributed by atoms with van der Waals surface area (Å²) in [4.78, 5) is 15.3. The van der Waals surface area contributed by atoms with Crippen LogP contribution in [-0.2, 0) is 0 Å². The van der Waals surface area contributed by atoms with Crippen LogP contribution in [0.15, 0.2) is 18.3 Å². The highest BCUT2D eigenvalue weighted by Gasteiger charge is 2.16. The van der Waals surface area contributed by atoms with Crippen LogP contribution in [0.4, 0.5) is 5.82 Å². The van der Waals surface area contributed by atoms with Crippen LogP contribution in [0.1, 0.15) is 55.3 Å². The zero-order valence-electron chi connectivity index (χ0n) is 10.6. The molecule has 0 amide bonds. The standard InChI is InChI=1S/C14H20N2O2/c17-14(18)12-9-6-10-15-13(12)16-11-7-4-2-1-3-5-8-11/h6,9-11H,1-5,7-8H2,(H,15,16)(H,17,18). The number of pyridine rings is 1. The molecule has 2 rings (SSSR count). The molecule has 1 aliphatic carbocycles.